The van der Waals surface area contributed by atoms with Gasteiger partial charge < -0.3 is 19.8 Å². The lowest BCUT2D eigenvalue weighted by molar-refractivity contribution is -0.870. The van der Waals surface area contributed by atoms with Crippen LogP contribution in [-0.2, 0) is 18.4 Å². The van der Waals surface area contributed by atoms with Crippen LogP contribution in [0.1, 0.15) is 142 Å². The molecule has 1 amide bonds. The van der Waals surface area contributed by atoms with E-state index >= 15 is 0 Å². The average Bonchev–Trinajstić information content (AvgIpc) is 3.06. The minimum Gasteiger partial charge on any atom is -0.391 e. The van der Waals surface area contributed by atoms with Gasteiger partial charge in [0.05, 0.1) is 39.9 Å². The summed E-state index contributed by atoms with van der Waals surface area (Å²) >= 11 is 0. The SMILES string of the molecule is CC/C=C\C/C=C\C/C=C\C/C=C\C/C=C\CCCCCCCC(=O)NC(COP(=O)(O)OCC[N+](C)(C)C)C(O)CCCCCCCCC. The van der Waals surface area contributed by atoms with Crippen molar-refractivity contribution in [2.45, 2.75) is 154 Å². The van der Waals surface area contributed by atoms with Gasteiger partial charge in [-0.15, -0.1) is 0 Å². The second-order valence-electron chi connectivity index (χ2n) is 14.3. The molecule has 0 rings (SSSR count). The predicted molar refractivity (Wildman–Crippen MR) is 212 cm³/mol. The smallest absolute Gasteiger partial charge is 0.391 e. The molecule has 0 aliphatic carbocycles. The van der Waals surface area contributed by atoms with Gasteiger partial charge in [0.2, 0.25) is 5.91 Å². The van der Waals surface area contributed by atoms with Crippen molar-refractivity contribution in [3.8, 4) is 0 Å². The number of quaternary nitrogens is 1. The molecule has 0 fully saturated rings. The number of carbonyl (C=O) groups is 1. The number of aliphatic hydroxyl groups is 1. The van der Waals surface area contributed by atoms with E-state index in [-0.39, 0.29) is 19.1 Å². The summed E-state index contributed by atoms with van der Waals surface area (Å²) in [6.07, 6.45) is 41.2. The lowest BCUT2D eigenvalue weighted by Gasteiger charge is -2.26. The minimum absolute atomic E-state index is 0.0667. The van der Waals surface area contributed by atoms with Crippen LogP contribution in [-0.4, -0.2) is 73.4 Å². The van der Waals surface area contributed by atoms with E-state index in [1.807, 2.05) is 21.1 Å². The summed E-state index contributed by atoms with van der Waals surface area (Å²) in [6, 6.07) is -0.770. The molecule has 8 nitrogen and oxygen atoms in total. The lowest BCUT2D eigenvalue weighted by atomic mass is 10.0. The van der Waals surface area contributed by atoms with E-state index in [0.717, 1.165) is 89.9 Å². The Bertz CT molecular complexity index is 1000. The van der Waals surface area contributed by atoms with Crippen LogP contribution in [0.3, 0.4) is 0 Å². The van der Waals surface area contributed by atoms with Crippen molar-refractivity contribution < 1.29 is 32.9 Å². The second kappa shape index (κ2) is 33.1. The molecule has 0 aromatic carbocycles. The van der Waals surface area contributed by atoms with Crippen LogP contribution >= 0.6 is 7.82 Å². The van der Waals surface area contributed by atoms with Crippen LogP contribution in [0.25, 0.3) is 0 Å². The zero-order valence-corrected chi connectivity index (χ0v) is 33.5. The van der Waals surface area contributed by atoms with Gasteiger partial charge >= 0.3 is 7.82 Å². The fourth-order valence-corrected chi connectivity index (χ4v) is 5.86. The fourth-order valence-electron chi connectivity index (χ4n) is 5.13. The second-order valence-corrected chi connectivity index (χ2v) is 15.7. The third kappa shape index (κ3) is 34.6. The Labute approximate surface area is 307 Å². The first kappa shape index (κ1) is 48.2. The topological polar surface area (TPSA) is 105 Å². The molecule has 3 atom stereocenters. The zero-order valence-electron chi connectivity index (χ0n) is 32.6. The van der Waals surface area contributed by atoms with Crippen LogP contribution in [0.5, 0.6) is 0 Å². The van der Waals surface area contributed by atoms with Crippen molar-refractivity contribution in [3.63, 3.8) is 0 Å². The van der Waals surface area contributed by atoms with E-state index in [0.29, 0.717) is 23.9 Å². The van der Waals surface area contributed by atoms with Crippen molar-refractivity contribution >= 4 is 13.7 Å². The lowest BCUT2D eigenvalue weighted by Crippen LogP contribution is -2.46. The van der Waals surface area contributed by atoms with E-state index in [2.05, 4.69) is 79.9 Å². The quantitative estimate of drug-likeness (QED) is 0.0264. The highest BCUT2D eigenvalue weighted by atomic mass is 31.2. The maximum atomic E-state index is 12.8. The maximum Gasteiger partial charge on any atom is 0.472 e. The number of aliphatic hydroxyl groups excluding tert-OH is 1. The molecule has 3 unspecified atom stereocenters. The van der Waals surface area contributed by atoms with Crippen LogP contribution in [0.2, 0.25) is 0 Å². The molecule has 0 radical (unpaired) electrons. The highest BCUT2D eigenvalue weighted by molar-refractivity contribution is 7.47. The van der Waals surface area contributed by atoms with E-state index in [4.69, 9.17) is 9.05 Å². The summed E-state index contributed by atoms with van der Waals surface area (Å²) in [6.45, 7) is 4.67. The van der Waals surface area contributed by atoms with Gasteiger partial charge in [-0.05, 0) is 57.8 Å². The molecular weight excluding hydrogens is 647 g/mol. The van der Waals surface area contributed by atoms with Crippen molar-refractivity contribution in [1.82, 2.24) is 5.32 Å². The van der Waals surface area contributed by atoms with Crippen LogP contribution < -0.4 is 5.32 Å². The molecule has 0 heterocycles. The molecule has 0 spiro atoms. The number of nitrogens with one attached hydrogen (secondary N) is 1. The maximum absolute atomic E-state index is 12.8. The van der Waals surface area contributed by atoms with Gasteiger partial charge in [-0.2, -0.15) is 0 Å². The number of phosphoric ester groups is 1. The van der Waals surface area contributed by atoms with Gasteiger partial charge in [-0.25, -0.2) is 4.57 Å². The third-order valence-corrected chi connectivity index (χ3v) is 9.26. The Morgan fingerprint density at radius 2 is 1.20 bits per heavy atom. The molecule has 0 aliphatic heterocycles. The first-order chi connectivity index (χ1) is 24.0. The van der Waals surface area contributed by atoms with Gasteiger partial charge in [0, 0.05) is 6.42 Å². The van der Waals surface area contributed by atoms with Crippen molar-refractivity contribution in [2.75, 3.05) is 40.9 Å². The van der Waals surface area contributed by atoms with Gasteiger partial charge in [-0.3, -0.25) is 13.8 Å². The molecule has 0 saturated carbocycles. The summed E-state index contributed by atoms with van der Waals surface area (Å²) in [5, 5.41) is 13.8. The first-order valence-corrected chi connectivity index (χ1v) is 21.1. The highest BCUT2D eigenvalue weighted by Crippen LogP contribution is 2.43. The Balaban J connectivity index is 4.34. The molecule has 0 aliphatic rings. The Morgan fingerprint density at radius 3 is 1.76 bits per heavy atom. The van der Waals surface area contributed by atoms with Gasteiger partial charge in [0.25, 0.3) is 0 Å². The monoisotopic (exact) mass is 724 g/mol. The van der Waals surface area contributed by atoms with Gasteiger partial charge in [0.15, 0.2) is 0 Å². The van der Waals surface area contributed by atoms with E-state index < -0.39 is 20.0 Å². The number of allylic oxidation sites excluding steroid dienone is 10. The number of amides is 1. The third-order valence-electron chi connectivity index (χ3n) is 8.28. The molecule has 3 N–H and O–H groups in total. The van der Waals surface area contributed by atoms with E-state index in [1.165, 1.54) is 25.7 Å². The summed E-state index contributed by atoms with van der Waals surface area (Å²) in [5.41, 5.74) is 0. The fraction of sp³-hybridized carbons (Fsp3) is 0.732. The number of phosphoric acid groups is 1. The van der Waals surface area contributed by atoms with E-state index in [9.17, 15) is 19.4 Å². The first-order valence-electron chi connectivity index (χ1n) is 19.7. The number of hydrogen-bond donors (Lipinski definition) is 3. The molecule has 0 bridgehead atoms. The number of carbonyl (C=O) groups excluding carboxylic acids is 1. The zero-order chi connectivity index (χ0) is 37.2. The average molecular weight is 724 g/mol. The molecule has 0 aromatic rings. The standard InChI is InChI=1S/C41H75N2O6P/c1-6-8-10-12-14-15-16-17-18-19-20-21-22-23-24-25-26-27-29-31-33-35-41(45)42-39(40(44)34-32-30-28-13-11-9-7-2)38-49-50(46,47)48-37-36-43(3,4)5/h8,10,14-15,17-18,20-21,23-24,39-40,44H,6-7,9,11-13,16,19,22,25-38H2,1-5H3,(H-,42,45,46,47)/p+1/b10-8-,15-14-,18-17-,21-20-,24-23-. The number of hydrogen-bond acceptors (Lipinski definition) is 5. The summed E-state index contributed by atoms with van der Waals surface area (Å²) in [4.78, 5) is 23.0. The number of nitrogens with zero attached hydrogens (tertiary/aromatic N) is 1. The van der Waals surface area contributed by atoms with Crippen molar-refractivity contribution in [1.29, 1.82) is 0 Å². The summed E-state index contributed by atoms with van der Waals surface area (Å²) < 4.78 is 23.4. The van der Waals surface area contributed by atoms with Crippen LogP contribution in [0.4, 0.5) is 0 Å². The van der Waals surface area contributed by atoms with Gasteiger partial charge in [-0.1, -0.05) is 139 Å². The summed E-state index contributed by atoms with van der Waals surface area (Å²) in [5.74, 6) is -0.172. The van der Waals surface area contributed by atoms with Crippen molar-refractivity contribution in [2.24, 2.45) is 0 Å². The molecule has 9 heteroatoms. The number of likely N-dealkylation sites (N-methyl/N-ethyl adjacent to an activating group) is 1. The normalized spacial score (nSPS) is 15.3. The number of rotatable bonds is 34. The Kier molecular flexibility index (Phi) is 31.9. The van der Waals surface area contributed by atoms with Gasteiger partial charge in [0.1, 0.15) is 13.2 Å². The Morgan fingerprint density at radius 1 is 0.700 bits per heavy atom. The molecule has 0 saturated heterocycles. The predicted octanol–water partition coefficient (Wildman–Crippen LogP) is 10.3. The van der Waals surface area contributed by atoms with Crippen LogP contribution in [0.15, 0.2) is 60.8 Å². The van der Waals surface area contributed by atoms with E-state index in [1.54, 1.807) is 0 Å². The molecule has 290 valence electrons. The summed E-state index contributed by atoms with van der Waals surface area (Å²) in [7, 11) is 1.58. The number of unbranched alkanes of at least 4 members (excludes halogenated alkanes) is 11. The van der Waals surface area contributed by atoms with Crippen molar-refractivity contribution in [3.05, 3.63) is 60.8 Å². The molecular formula is C41H76N2O6P+. The largest absolute Gasteiger partial charge is 0.472 e. The molecule has 0 aromatic heterocycles. The van der Waals surface area contributed by atoms with Crippen LogP contribution in [0, 0.1) is 0 Å². The Hall–Kier alpha value is -1.80. The minimum atomic E-state index is -4.31. The molecule has 50 heavy (non-hydrogen) atoms. The highest BCUT2D eigenvalue weighted by Gasteiger charge is 2.28.